The molecule has 1 aromatic heterocycles. The molecule has 4 aromatic rings. The van der Waals surface area contributed by atoms with Crippen molar-refractivity contribution >= 4 is 43.8 Å². The summed E-state index contributed by atoms with van der Waals surface area (Å²) in [6, 6.07) is 21.2. The van der Waals surface area contributed by atoms with Gasteiger partial charge < -0.3 is 24.7 Å². The second-order valence-electron chi connectivity index (χ2n) is 8.10. The van der Waals surface area contributed by atoms with Gasteiger partial charge in [-0.3, -0.25) is 4.72 Å². The van der Waals surface area contributed by atoms with Crippen molar-refractivity contribution in [3.05, 3.63) is 85.1 Å². The summed E-state index contributed by atoms with van der Waals surface area (Å²) in [4.78, 5) is 9.44. The Morgan fingerprint density at radius 3 is 2.41 bits per heavy atom. The van der Waals surface area contributed by atoms with E-state index in [0.717, 1.165) is 5.56 Å². The third-order valence-corrected chi connectivity index (χ3v) is 7.33. The summed E-state index contributed by atoms with van der Waals surface area (Å²) in [7, 11) is -5.59. The summed E-state index contributed by atoms with van der Waals surface area (Å²) in [5.41, 5.74) is 2.34. The molecule has 0 radical (unpaired) electrons. The molecule has 4 rings (SSSR count). The number of hydrogen-bond acceptors (Lipinski definition) is 10. The molecule has 5 N–H and O–H groups in total. The van der Waals surface area contributed by atoms with Gasteiger partial charge in [0.1, 0.15) is 5.82 Å². The number of nitrogens with zero attached hydrogens (tertiary/aromatic N) is 2. The van der Waals surface area contributed by atoms with Gasteiger partial charge in [0.05, 0.1) is 11.5 Å². The van der Waals surface area contributed by atoms with Crippen LogP contribution in [-0.4, -0.2) is 36.1 Å². The molecule has 37 heavy (non-hydrogen) atoms. The monoisotopic (exact) mass is 537 g/mol. The molecule has 0 amide bonds. The lowest BCUT2D eigenvalue weighted by atomic mass is 10.1. The highest BCUT2D eigenvalue weighted by atomic mass is 32.2. The van der Waals surface area contributed by atoms with Crippen molar-refractivity contribution in [1.29, 1.82) is 4.78 Å². The molecule has 1 unspecified atom stereocenters. The highest BCUT2D eigenvalue weighted by Gasteiger charge is 2.15. The largest absolute Gasteiger partial charge is 0.440 e. The van der Waals surface area contributed by atoms with Crippen LogP contribution in [0.5, 0.6) is 0 Å². The van der Waals surface area contributed by atoms with E-state index < -0.39 is 20.6 Å². The molecular weight excluding hydrogens is 512 g/mol. The molecule has 3 aromatic carbocycles. The zero-order valence-electron chi connectivity index (χ0n) is 19.8. The molecular formula is C25H25N6O4S2-. The minimum absolute atomic E-state index is 0.121. The van der Waals surface area contributed by atoms with Crippen LogP contribution in [0.2, 0.25) is 0 Å². The fourth-order valence-electron chi connectivity index (χ4n) is 3.39. The van der Waals surface area contributed by atoms with E-state index in [0.29, 0.717) is 27.7 Å². The first-order valence-electron chi connectivity index (χ1n) is 11.2. The van der Waals surface area contributed by atoms with Crippen molar-refractivity contribution in [2.45, 2.75) is 22.8 Å². The maximum Gasteiger partial charge on any atom is 0.261 e. The van der Waals surface area contributed by atoms with Crippen LogP contribution in [0.4, 0.5) is 23.1 Å². The van der Waals surface area contributed by atoms with Crippen LogP contribution in [-0.2, 0) is 24.8 Å². The zero-order chi connectivity index (χ0) is 26.4. The molecule has 0 bridgehead atoms. The highest BCUT2D eigenvalue weighted by molar-refractivity contribution is 7.92. The Morgan fingerprint density at radius 2 is 1.73 bits per heavy atom. The van der Waals surface area contributed by atoms with Gasteiger partial charge in [0.15, 0.2) is 0 Å². The van der Waals surface area contributed by atoms with Crippen molar-refractivity contribution in [3.8, 4) is 11.1 Å². The van der Waals surface area contributed by atoms with Crippen LogP contribution >= 0.6 is 0 Å². The minimum atomic E-state index is -3.72. The Hall–Kier alpha value is -4.00. The third-order valence-electron chi connectivity index (χ3n) is 5.25. The predicted octanol–water partition coefficient (Wildman–Crippen LogP) is 4.57. The van der Waals surface area contributed by atoms with E-state index in [-0.39, 0.29) is 23.5 Å². The minimum Gasteiger partial charge on any atom is -0.440 e. The van der Waals surface area contributed by atoms with Crippen LogP contribution in [0.15, 0.2) is 94.9 Å². The molecule has 12 heteroatoms. The lowest BCUT2D eigenvalue weighted by Crippen LogP contribution is -2.21. The van der Waals surface area contributed by atoms with Crippen LogP contribution in [0.3, 0.4) is 0 Å². The SMILES string of the molecule is CC(CO)Nc1nc(Nc2cccc([S-](=N)=O)c2)ncc1-c1ccc(NS(=O)(=O)c2ccccc2)cc1. The van der Waals surface area contributed by atoms with Crippen LogP contribution in [0.1, 0.15) is 6.92 Å². The van der Waals surface area contributed by atoms with Gasteiger partial charge in [0.25, 0.3) is 10.0 Å². The van der Waals surface area contributed by atoms with Gasteiger partial charge in [-0.25, -0.2) is 13.4 Å². The highest BCUT2D eigenvalue weighted by Crippen LogP contribution is 2.30. The molecule has 1 heterocycles. The summed E-state index contributed by atoms with van der Waals surface area (Å²) < 4.78 is 46.7. The topological polar surface area (TPSA) is 157 Å². The van der Waals surface area contributed by atoms with Gasteiger partial charge in [0.2, 0.25) is 5.95 Å². The average molecular weight is 538 g/mol. The van der Waals surface area contributed by atoms with Gasteiger partial charge in [-0.2, -0.15) is 15.6 Å². The van der Waals surface area contributed by atoms with E-state index in [4.69, 9.17) is 4.78 Å². The van der Waals surface area contributed by atoms with E-state index in [2.05, 4.69) is 25.3 Å². The molecule has 0 aliphatic rings. The number of nitrogens with one attached hydrogen (secondary N) is 4. The summed E-state index contributed by atoms with van der Waals surface area (Å²) in [6.07, 6.45) is 1.61. The van der Waals surface area contributed by atoms with Crippen LogP contribution < -0.4 is 15.4 Å². The smallest absolute Gasteiger partial charge is 0.261 e. The summed E-state index contributed by atoms with van der Waals surface area (Å²) in [5.74, 6) is 0.716. The standard InChI is InChI=1S/C25H25N6O4S2/c1-17(16-32)28-24-23(15-27-25(30-24)29-20-6-5-7-21(14-20)36(26)33)18-10-12-19(13-11-18)31-37(34,35)22-8-3-2-4-9-22/h2-15,17,26,31-32H,16H2,1H3,(H2,27,28,29,30)/q-1. The maximum atomic E-state index is 12.6. The van der Waals surface area contributed by atoms with E-state index in [1.165, 1.54) is 12.1 Å². The third kappa shape index (κ3) is 6.61. The van der Waals surface area contributed by atoms with Gasteiger partial charge in [-0.05, 0) is 42.8 Å². The Morgan fingerprint density at radius 1 is 1.00 bits per heavy atom. The van der Waals surface area contributed by atoms with E-state index in [1.807, 2.05) is 0 Å². The predicted molar refractivity (Wildman–Crippen MR) is 144 cm³/mol. The van der Waals surface area contributed by atoms with E-state index in [1.54, 1.807) is 79.9 Å². The molecule has 0 spiro atoms. The lowest BCUT2D eigenvalue weighted by molar-refractivity contribution is 0.281. The molecule has 0 aliphatic heterocycles. The lowest BCUT2D eigenvalue weighted by Gasteiger charge is -2.17. The molecule has 10 nitrogen and oxygen atoms in total. The number of aliphatic hydroxyl groups is 1. The Bertz CT molecular complexity index is 1550. The molecule has 192 valence electrons. The summed E-state index contributed by atoms with van der Waals surface area (Å²) in [6.45, 7) is 1.68. The number of aliphatic hydroxyl groups excluding tert-OH is 1. The Labute approximate surface area is 216 Å². The van der Waals surface area contributed by atoms with Crippen molar-refractivity contribution in [3.63, 3.8) is 0 Å². The first-order valence-corrected chi connectivity index (χ1v) is 13.8. The maximum absolute atomic E-state index is 12.6. The van der Waals surface area contributed by atoms with Gasteiger partial charge in [0, 0.05) is 29.2 Å². The second kappa shape index (κ2) is 11.4. The van der Waals surface area contributed by atoms with Crippen molar-refractivity contribution in [1.82, 2.24) is 9.97 Å². The number of rotatable bonds is 10. The van der Waals surface area contributed by atoms with Crippen molar-refractivity contribution in [2.24, 2.45) is 0 Å². The number of sulfonamides is 1. The first kappa shape index (κ1) is 26.1. The second-order valence-corrected chi connectivity index (χ2v) is 10.8. The quantitative estimate of drug-likeness (QED) is 0.184. The Kier molecular flexibility index (Phi) is 8.01. The summed E-state index contributed by atoms with van der Waals surface area (Å²) in [5, 5.41) is 15.7. The van der Waals surface area contributed by atoms with E-state index in [9.17, 15) is 17.7 Å². The molecule has 0 aliphatic carbocycles. The number of benzene rings is 3. The molecule has 1 atom stereocenters. The number of anilines is 4. The Balaban J connectivity index is 1.61. The number of hydrogen-bond donors (Lipinski definition) is 5. The van der Waals surface area contributed by atoms with Crippen molar-refractivity contribution < 1.29 is 17.7 Å². The fourth-order valence-corrected chi connectivity index (χ4v) is 4.91. The normalized spacial score (nSPS) is 12.2. The van der Waals surface area contributed by atoms with Crippen LogP contribution in [0.25, 0.3) is 11.1 Å². The average Bonchev–Trinajstić information content (AvgIpc) is 2.90. The zero-order valence-corrected chi connectivity index (χ0v) is 21.4. The fraction of sp³-hybridized carbons (Fsp3) is 0.120. The first-order chi connectivity index (χ1) is 17.7. The van der Waals surface area contributed by atoms with E-state index >= 15 is 0 Å². The molecule has 0 saturated carbocycles. The van der Waals surface area contributed by atoms with Gasteiger partial charge in [-0.15, -0.1) is 0 Å². The number of aromatic nitrogens is 2. The molecule has 0 saturated heterocycles. The van der Waals surface area contributed by atoms with Crippen molar-refractivity contribution in [2.75, 3.05) is 22.0 Å². The van der Waals surface area contributed by atoms with Gasteiger partial charge in [-0.1, -0.05) is 53.4 Å². The van der Waals surface area contributed by atoms with Crippen LogP contribution in [0, 0.1) is 4.78 Å². The molecule has 0 fully saturated rings. The summed E-state index contributed by atoms with van der Waals surface area (Å²) >= 11 is 0. The van der Waals surface area contributed by atoms with Gasteiger partial charge >= 0.3 is 0 Å².